The maximum absolute atomic E-state index is 12.5. The molecule has 9 nitrogen and oxygen atoms in total. The van der Waals surface area contributed by atoms with Gasteiger partial charge in [-0.05, 0) is 34.7 Å². The number of H-pyrrole nitrogens is 1. The second kappa shape index (κ2) is 5.63. The fourth-order valence-electron chi connectivity index (χ4n) is 3.08. The van der Waals surface area contributed by atoms with Gasteiger partial charge in [0.25, 0.3) is 5.56 Å². The third-order valence-corrected chi connectivity index (χ3v) is 4.73. The van der Waals surface area contributed by atoms with Gasteiger partial charge in [0.2, 0.25) is 5.95 Å². The standard InChI is InChI=1S/C16H10BrN7O2/c17-9-5-3-8(4-6-9)12-11-13(15(25)20-19-12)18-16-21-22-23-24(16)14(11)10-2-1-7-26-10/h1-7,14H,(H,20,25)(H,18,21,23)/t14-/m1/s1. The third-order valence-electron chi connectivity index (χ3n) is 4.20. The number of aromatic nitrogens is 6. The Morgan fingerprint density at radius 2 is 2.04 bits per heavy atom. The number of furan rings is 1. The molecule has 2 N–H and O–H groups in total. The average Bonchev–Trinajstić information content (AvgIpc) is 3.33. The molecule has 1 atom stereocenters. The zero-order chi connectivity index (χ0) is 17.7. The van der Waals surface area contributed by atoms with Crippen LogP contribution in [0.5, 0.6) is 0 Å². The zero-order valence-electron chi connectivity index (χ0n) is 13.0. The summed E-state index contributed by atoms with van der Waals surface area (Å²) in [5.41, 5.74) is 2.09. The lowest BCUT2D eigenvalue weighted by atomic mass is 9.96. The fraction of sp³-hybridized carbons (Fsp3) is 0.0625. The number of nitrogens with one attached hydrogen (secondary N) is 2. The summed E-state index contributed by atoms with van der Waals surface area (Å²) >= 11 is 3.43. The fourth-order valence-corrected chi connectivity index (χ4v) is 3.34. The van der Waals surface area contributed by atoms with Crippen molar-refractivity contribution in [2.75, 3.05) is 5.32 Å². The largest absolute Gasteiger partial charge is 0.467 e. The number of anilines is 2. The van der Waals surface area contributed by atoms with E-state index in [9.17, 15) is 4.79 Å². The first-order valence-corrected chi connectivity index (χ1v) is 8.48. The van der Waals surface area contributed by atoms with E-state index in [2.05, 4.69) is 47.0 Å². The first-order chi connectivity index (χ1) is 12.7. The summed E-state index contributed by atoms with van der Waals surface area (Å²) in [7, 11) is 0. The maximum atomic E-state index is 12.5. The first-order valence-electron chi connectivity index (χ1n) is 7.69. The van der Waals surface area contributed by atoms with Crippen molar-refractivity contribution in [2.45, 2.75) is 6.04 Å². The number of halogens is 1. The SMILES string of the molecule is O=c1[nH]nc(-c2ccc(Br)cc2)c2c1Nc1nnnn1[C@@H]2c1ccco1. The summed E-state index contributed by atoms with van der Waals surface area (Å²) in [6, 6.07) is 10.7. The molecule has 10 heteroatoms. The highest BCUT2D eigenvalue weighted by molar-refractivity contribution is 9.10. The maximum Gasteiger partial charge on any atom is 0.288 e. The van der Waals surface area contributed by atoms with Crippen molar-refractivity contribution in [3.05, 3.63) is 68.8 Å². The van der Waals surface area contributed by atoms with Gasteiger partial charge in [-0.3, -0.25) is 4.79 Å². The molecule has 0 saturated carbocycles. The predicted octanol–water partition coefficient (Wildman–Crippen LogP) is 2.47. The smallest absolute Gasteiger partial charge is 0.288 e. The van der Waals surface area contributed by atoms with Crippen LogP contribution in [0.3, 0.4) is 0 Å². The van der Waals surface area contributed by atoms with Gasteiger partial charge in [0.15, 0.2) is 0 Å². The second-order valence-electron chi connectivity index (χ2n) is 5.69. The van der Waals surface area contributed by atoms with Crippen molar-refractivity contribution in [3.63, 3.8) is 0 Å². The van der Waals surface area contributed by atoms with E-state index in [1.165, 1.54) is 0 Å². The Labute approximate surface area is 154 Å². The van der Waals surface area contributed by atoms with Crippen LogP contribution >= 0.6 is 15.9 Å². The summed E-state index contributed by atoms with van der Waals surface area (Å²) in [5.74, 6) is 0.962. The second-order valence-corrected chi connectivity index (χ2v) is 6.60. The molecule has 3 aromatic heterocycles. The molecule has 1 aliphatic heterocycles. The highest BCUT2D eigenvalue weighted by atomic mass is 79.9. The summed E-state index contributed by atoms with van der Waals surface area (Å²) in [6.45, 7) is 0. The molecule has 0 amide bonds. The Kier molecular flexibility index (Phi) is 3.25. The van der Waals surface area contributed by atoms with Crippen LogP contribution in [-0.4, -0.2) is 30.4 Å². The molecule has 5 rings (SSSR count). The van der Waals surface area contributed by atoms with Gasteiger partial charge in [0.1, 0.15) is 17.5 Å². The first kappa shape index (κ1) is 15.0. The van der Waals surface area contributed by atoms with Crippen molar-refractivity contribution in [2.24, 2.45) is 0 Å². The van der Waals surface area contributed by atoms with Crippen LogP contribution in [0, 0.1) is 0 Å². The number of hydrogen-bond acceptors (Lipinski definition) is 7. The minimum absolute atomic E-state index is 0.349. The zero-order valence-corrected chi connectivity index (χ0v) is 14.6. The lowest BCUT2D eigenvalue weighted by molar-refractivity contribution is 0.435. The number of fused-ring (bicyclic) bond motifs is 2. The average molecular weight is 412 g/mol. The molecule has 1 aliphatic rings. The number of nitrogens with zero attached hydrogens (tertiary/aromatic N) is 5. The molecular formula is C16H10BrN7O2. The van der Waals surface area contributed by atoms with Crippen LogP contribution in [0.2, 0.25) is 0 Å². The molecule has 128 valence electrons. The number of hydrogen-bond donors (Lipinski definition) is 2. The summed E-state index contributed by atoms with van der Waals surface area (Å²) < 4.78 is 8.14. The van der Waals surface area contributed by atoms with E-state index >= 15 is 0 Å². The van der Waals surface area contributed by atoms with Crippen LogP contribution in [-0.2, 0) is 0 Å². The molecule has 0 aliphatic carbocycles. The molecule has 4 aromatic rings. The Bertz CT molecular complexity index is 1150. The number of tetrazole rings is 1. The van der Waals surface area contributed by atoms with Crippen molar-refractivity contribution >= 4 is 27.6 Å². The van der Waals surface area contributed by atoms with Crippen LogP contribution < -0.4 is 10.9 Å². The molecular weight excluding hydrogens is 402 g/mol. The molecule has 0 saturated heterocycles. The lowest BCUT2D eigenvalue weighted by Crippen LogP contribution is -2.28. The summed E-state index contributed by atoms with van der Waals surface area (Å²) in [6.07, 6.45) is 1.57. The lowest BCUT2D eigenvalue weighted by Gasteiger charge is -2.26. The van der Waals surface area contributed by atoms with E-state index < -0.39 is 6.04 Å². The van der Waals surface area contributed by atoms with Gasteiger partial charge in [-0.15, -0.1) is 0 Å². The van der Waals surface area contributed by atoms with Crippen LogP contribution in [0.4, 0.5) is 11.6 Å². The molecule has 0 bridgehead atoms. The Balaban J connectivity index is 1.82. The highest BCUT2D eigenvalue weighted by Gasteiger charge is 2.35. The van der Waals surface area contributed by atoms with Gasteiger partial charge >= 0.3 is 0 Å². The molecule has 1 aromatic carbocycles. The molecule has 26 heavy (non-hydrogen) atoms. The molecule has 0 fully saturated rings. The van der Waals surface area contributed by atoms with Crippen molar-refractivity contribution in [3.8, 4) is 11.3 Å². The van der Waals surface area contributed by atoms with E-state index in [0.717, 1.165) is 10.0 Å². The van der Waals surface area contributed by atoms with Crippen molar-refractivity contribution < 1.29 is 4.42 Å². The minimum atomic E-state index is -0.514. The monoisotopic (exact) mass is 411 g/mol. The van der Waals surface area contributed by atoms with Gasteiger partial charge in [-0.25, -0.2) is 5.10 Å². The summed E-state index contributed by atoms with van der Waals surface area (Å²) in [5, 5.41) is 21.5. The van der Waals surface area contributed by atoms with E-state index in [-0.39, 0.29) is 5.56 Å². The van der Waals surface area contributed by atoms with Gasteiger partial charge in [0.05, 0.1) is 12.0 Å². The van der Waals surface area contributed by atoms with E-state index in [1.54, 1.807) is 17.0 Å². The Hall–Kier alpha value is -3.27. The molecule has 4 heterocycles. The van der Waals surface area contributed by atoms with E-state index in [1.807, 2.05) is 30.3 Å². The van der Waals surface area contributed by atoms with Crippen LogP contribution in [0.25, 0.3) is 11.3 Å². The van der Waals surface area contributed by atoms with E-state index in [0.29, 0.717) is 28.7 Å². The molecule has 0 unspecified atom stereocenters. The molecule has 0 radical (unpaired) electrons. The van der Waals surface area contributed by atoms with Crippen molar-refractivity contribution in [1.82, 2.24) is 30.4 Å². The van der Waals surface area contributed by atoms with Crippen molar-refractivity contribution in [1.29, 1.82) is 0 Å². The molecule has 0 spiro atoms. The Morgan fingerprint density at radius 3 is 2.81 bits per heavy atom. The Morgan fingerprint density at radius 1 is 1.19 bits per heavy atom. The van der Waals surface area contributed by atoms with Gasteiger partial charge in [-0.2, -0.15) is 9.78 Å². The highest BCUT2D eigenvalue weighted by Crippen LogP contribution is 2.41. The van der Waals surface area contributed by atoms with Gasteiger partial charge in [-0.1, -0.05) is 33.2 Å². The van der Waals surface area contributed by atoms with Gasteiger partial charge in [0, 0.05) is 15.6 Å². The number of aromatic amines is 1. The topological polar surface area (TPSA) is 115 Å². The minimum Gasteiger partial charge on any atom is -0.467 e. The quantitative estimate of drug-likeness (QED) is 0.458. The third kappa shape index (κ3) is 2.19. The van der Waals surface area contributed by atoms with Crippen LogP contribution in [0.15, 0.2) is 56.3 Å². The number of rotatable bonds is 2. The predicted molar refractivity (Wildman–Crippen MR) is 95.0 cm³/mol. The van der Waals surface area contributed by atoms with Crippen LogP contribution in [0.1, 0.15) is 17.4 Å². The van der Waals surface area contributed by atoms with Gasteiger partial charge < -0.3 is 9.73 Å². The summed E-state index contributed by atoms with van der Waals surface area (Å²) in [4.78, 5) is 12.5. The van der Waals surface area contributed by atoms with E-state index in [4.69, 9.17) is 4.42 Å². The normalized spacial score (nSPS) is 15.2. The number of benzene rings is 1.